The molecule has 12 aromatic carbocycles. The Hall–Kier alpha value is -10.1. The smallest absolute Gasteiger partial charge is 0.252 e. The molecule has 4 heterocycles. The van der Waals surface area contributed by atoms with Crippen LogP contribution in [-0.2, 0) is 48.7 Å². The summed E-state index contributed by atoms with van der Waals surface area (Å²) >= 11 is 0. The van der Waals surface area contributed by atoms with Gasteiger partial charge in [0.2, 0.25) is 0 Å². The molecular weight excluding hydrogens is 1360 g/mol. The second kappa shape index (κ2) is 25.2. The fraction of sp³-hybridized carbons (Fsp3) is 0.333. The van der Waals surface area contributed by atoms with Gasteiger partial charge in [-0.15, -0.1) is 0 Å². The molecule has 14 aromatic rings. The van der Waals surface area contributed by atoms with E-state index in [1.165, 1.54) is 168 Å². The lowest BCUT2D eigenvalue weighted by Gasteiger charge is -2.45. The molecule has 2 aromatic heterocycles. The lowest BCUT2D eigenvalue weighted by atomic mass is 9.33. The van der Waals surface area contributed by atoms with E-state index in [1.807, 2.05) is 0 Å². The van der Waals surface area contributed by atoms with Gasteiger partial charge in [0.1, 0.15) is 0 Å². The zero-order valence-electron chi connectivity index (χ0n) is 71.6. The van der Waals surface area contributed by atoms with E-state index in [0.717, 1.165) is 46.2 Å². The molecule has 0 saturated carbocycles. The van der Waals surface area contributed by atoms with Crippen molar-refractivity contribution >= 4 is 101 Å². The van der Waals surface area contributed by atoms with E-state index in [4.69, 9.17) is 0 Å². The Balaban J connectivity index is 0.949. The minimum absolute atomic E-state index is 0.0438. The summed E-state index contributed by atoms with van der Waals surface area (Å²) in [6.07, 6.45) is 4.70. The molecule has 4 nitrogen and oxygen atoms in total. The molecule has 113 heavy (non-hydrogen) atoms. The Morgan fingerprint density at radius 3 is 0.982 bits per heavy atom. The van der Waals surface area contributed by atoms with Crippen LogP contribution in [0.25, 0.3) is 88.4 Å². The van der Waals surface area contributed by atoms with Gasteiger partial charge < -0.3 is 18.9 Å². The van der Waals surface area contributed by atoms with Crippen molar-refractivity contribution in [2.75, 3.05) is 9.80 Å². The van der Waals surface area contributed by atoms with E-state index < -0.39 is 0 Å². The highest BCUT2D eigenvalue weighted by Gasteiger charge is 2.46. The normalized spacial score (nSPS) is 16.4. The van der Waals surface area contributed by atoms with Crippen LogP contribution in [0.2, 0.25) is 0 Å². The molecule has 18 rings (SSSR count). The molecule has 0 spiro atoms. The molecule has 0 fully saturated rings. The minimum Gasteiger partial charge on any atom is -0.311 e. The molecule has 0 saturated heterocycles. The van der Waals surface area contributed by atoms with Crippen molar-refractivity contribution < 1.29 is 0 Å². The first-order chi connectivity index (χ1) is 53.1. The third-order valence-electron chi connectivity index (χ3n) is 27.2. The maximum Gasteiger partial charge on any atom is 0.252 e. The Kier molecular flexibility index (Phi) is 16.6. The third kappa shape index (κ3) is 12.2. The van der Waals surface area contributed by atoms with E-state index >= 15 is 0 Å². The Morgan fingerprint density at radius 1 is 0.265 bits per heavy atom. The Labute approximate surface area is 674 Å². The SMILES string of the molecule is CC(C)(C)c1ccc2c(c1)c1cc(C(C)(C)C)ccc1n2-c1ccc2c(c1)N(c1ccc(-c3ccc4c(c3)C(C)(C)CCC4(C)C)cc1)c1cc(-n3c4ccc(C(C)(C)C)cc4c4cc(C(C)(C)C)ccc43)cc3c1B2c1ccc(-c2ccccc2C(C)(C)C)cc1N3c1ccc(-c2ccc3c(c2)C(C)(C)CCC3(C)C)cc1. The molecule has 0 radical (unpaired) electrons. The second-order valence-electron chi connectivity index (χ2n) is 42.1. The topological polar surface area (TPSA) is 16.3 Å². The van der Waals surface area contributed by atoms with E-state index in [9.17, 15) is 0 Å². The Bertz CT molecular complexity index is 6120. The van der Waals surface area contributed by atoms with Crippen molar-refractivity contribution in [3.05, 3.63) is 281 Å². The molecule has 0 unspecified atom stereocenters. The molecule has 2 aliphatic carbocycles. The summed E-state index contributed by atoms with van der Waals surface area (Å²) in [5.41, 5.74) is 37.7. The first-order valence-corrected chi connectivity index (χ1v) is 42.0. The summed E-state index contributed by atoms with van der Waals surface area (Å²) in [4.78, 5) is 5.34. The van der Waals surface area contributed by atoms with E-state index in [-0.39, 0.29) is 55.4 Å². The molecule has 5 heteroatoms. The molecule has 2 aliphatic heterocycles. The van der Waals surface area contributed by atoms with Crippen molar-refractivity contribution in [3.8, 4) is 44.8 Å². The lowest BCUT2D eigenvalue weighted by molar-refractivity contribution is 0.332. The zero-order valence-corrected chi connectivity index (χ0v) is 71.6. The van der Waals surface area contributed by atoms with Crippen LogP contribution in [0.4, 0.5) is 34.1 Å². The molecule has 0 amide bonds. The van der Waals surface area contributed by atoms with Crippen LogP contribution in [-0.4, -0.2) is 15.8 Å². The highest BCUT2D eigenvalue weighted by molar-refractivity contribution is 7.00. The molecule has 0 atom stereocenters. The molecule has 570 valence electrons. The number of fused-ring (bicyclic) bond motifs is 12. The van der Waals surface area contributed by atoms with Crippen molar-refractivity contribution in [2.24, 2.45) is 0 Å². The van der Waals surface area contributed by atoms with Crippen LogP contribution in [0.1, 0.15) is 235 Å². The summed E-state index contributed by atoms with van der Waals surface area (Å²) in [5.74, 6) is 0. The van der Waals surface area contributed by atoms with E-state index in [2.05, 4.69) is 409 Å². The van der Waals surface area contributed by atoms with Gasteiger partial charge in [-0.05, 0) is 277 Å². The summed E-state index contributed by atoms with van der Waals surface area (Å²) in [7, 11) is 0. The van der Waals surface area contributed by atoms with Crippen LogP contribution in [0.3, 0.4) is 0 Å². The average Bonchev–Trinajstić information content (AvgIpc) is 1.38. The number of anilines is 6. The maximum absolute atomic E-state index is 2.67. The molecule has 4 aliphatic rings. The fourth-order valence-electron chi connectivity index (χ4n) is 20.0. The molecule has 0 N–H and O–H groups in total. The van der Waals surface area contributed by atoms with Crippen molar-refractivity contribution in [1.82, 2.24) is 9.13 Å². The van der Waals surface area contributed by atoms with Gasteiger partial charge in [0, 0.05) is 61.4 Å². The second-order valence-corrected chi connectivity index (χ2v) is 42.1. The van der Waals surface area contributed by atoms with Gasteiger partial charge in [-0.25, -0.2) is 0 Å². The van der Waals surface area contributed by atoms with Gasteiger partial charge in [-0.2, -0.15) is 0 Å². The van der Waals surface area contributed by atoms with Gasteiger partial charge in [0.15, 0.2) is 0 Å². The summed E-state index contributed by atoms with van der Waals surface area (Å²) < 4.78 is 5.19. The number of nitrogens with zero attached hydrogens (tertiary/aromatic N) is 4. The van der Waals surface area contributed by atoms with Gasteiger partial charge >= 0.3 is 0 Å². The number of benzene rings is 12. The van der Waals surface area contributed by atoms with Crippen LogP contribution >= 0.6 is 0 Å². The van der Waals surface area contributed by atoms with Crippen LogP contribution in [0.15, 0.2) is 231 Å². The number of rotatable bonds is 7. The maximum atomic E-state index is 2.67. The highest BCUT2D eigenvalue weighted by atomic mass is 15.2. The number of aromatic nitrogens is 2. The quantitative estimate of drug-likeness (QED) is 0.148. The lowest BCUT2D eigenvalue weighted by Crippen LogP contribution is -2.61. The van der Waals surface area contributed by atoms with Gasteiger partial charge in [0.05, 0.1) is 27.8 Å². The minimum atomic E-state index is -0.180. The monoisotopic (exact) mass is 1480 g/mol. The largest absolute Gasteiger partial charge is 0.311 e. The van der Waals surface area contributed by atoms with Crippen LogP contribution in [0.5, 0.6) is 0 Å². The number of hydrogen-bond acceptors (Lipinski definition) is 2. The van der Waals surface area contributed by atoms with Crippen molar-refractivity contribution in [3.63, 3.8) is 0 Å². The Morgan fingerprint density at radius 2 is 0.593 bits per heavy atom. The summed E-state index contributed by atoms with van der Waals surface area (Å²) in [6, 6.07) is 92.6. The average molecular weight is 1480 g/mol. The fourth-order valence-corrected chi connectivity index (χ4v) is 20.0. The highest BCUT2D eigenvalue weighted by Crippen LogP contribution is 2.53. The first kappa shape index (κ1) is 74.3. The van der Waals surface area contributed by atoms with E-state index in [1.54, 1.807) is 0 Å². The summed E-state index contributed by atoms with van der Waals surface area (Å²) in [6.45, 7) is 54.6. The standard InChI is InChI=1S/C108H115BN4/c1-100(2,3)71-35-48-91-80(59-71)81-60-72(101(4,5)6)36-49-92(81)112(91)77-43-47-90-96(63-77)111(76-41-30-67(31-42-76)69-33-45-86-88(57-69)108(22,23)55-53-106(86,18)19)98-65-78(113-93-50-37-73(102(7,8)9)61-82(93)83-62-74(103(10,11)12)38-51-94(83)113)64-97-99(98)109(90)89-46-34-70(79-26-24-25-27-84(79)104(13,14)15)58-95(89)110(97)75-39-28-66(29-40-75)68-32-44-85-87(56-68)107(20,21)54-52-105(85,16)17/h24-51,56-65H,52-55H2,1-23H3. The van der Waals surface area contributed by atoms with Gasteiger partial charge in [0.25, 0.3) is 6.71 Å². The first-order valence-electron chi connectivity index (χ1n) is 42.0. The summed E-state index contributed by atoms with van der Waals surface area (Å²) in [5, 5.41) is 5.09. The van der Waals surface area contributed by atoms with Crippen molar-refractivity contribution in [1.29, 1.82) is 0 Å². The number of hydrogen-bond donors (Lipinski definition) is 0. The van der Waals surface area contributed by atoms with E-state index in [0.29, 0.717) is 0 Å². The van der Waals surface area contributed by atoms with Crippen molar-refractivity contribution in [2.45, 2.75) is 234 Å². The molecule has 0 bridgehead atoms. The predicted octanol–water partition coefficient (Wildman–Crippen LogP) is 28.1. The predicted molar refractivity (Wildman–Crippen MR) is 490 cm³/mol. The molecular formula is C108H115BN4. The van der Waals surface area contributed by atoms with Gasteiger partial charge in [-0.1, -0.05) is 287 Å². The third-order valence-corrected chi connectivity index (χ3v) is 27.2. The van der Waals surface area contributed by atoms with Crippen LogP contribution < -0.4 is 26.2 Å². The zero-order chi connectivity index (χ0) is 79.7. The van der Waals surface area contributed by atoms with Crippen LogP contribution in [0, 0.1) is 0 Å². The van der Waals surface area contributed by atoms with Gasteiger partial charge in [-0.3, -0.25) is 0 Å².